The van der Waals surface area contributed by atoms with Crippen LogP contribution in [0.1, 0.15) is 17.5 Å². The van der Waals surface area contributed by atoms with Gasteiger partial charge in [-0.05, 0) is 24.6 Å². The average molecular weight is 301 g/mol. The lowest BCUT2D eigenvalue weighted by Crippen LogP contribution is -2.00. The Morgan fingerprint density at radius 1 is 1.31 bits per heavy atom. The van der Waals surface area contributed by atoms with E-state index in [0.717, 1.165) is 5.92 Å². The third kappa shape index (κ3) is 1.05. The molecule has 0 N–H and O–H groups in total. The monoisotopic (exact) mass is 299 g/mol. The quantitative estimate of drug-likeness (QED) is 0.506. The van der Waals surface area contributed by atoms with Crippen LogP contribution in [-0.4, -0.2) is 3.23 Å². The first-order valence-electron chi connectivity index (χ1n) is 4.54. The van der Waals surface area contributed by atoms with Gasteiger partial charge >= 0.3 is 0 Å². The summed E-state index contributed by atoms with van der Waals surface area (Å²) in [7, 11) is 0. The molecule has 0 saturated heterocycles. The van der Waals surface area contributed by atoms with Crippen molar-refractivity contribution in [2.75, 3.05) is 0 Å². The third-order valence-electron chi connectivity index (χ3n) is 3.07. The summed E-state index contributed by atoms with van der Waals surface area (Å²) in [4.78, 5) is 0. The first kappa shape index (κ1) is 8.37. The standard InChI is InChI=1S/C11H9Br2/c12-11(13)9-6-5-7-3-1-2-4-8(7)10(9)11/h1-4,9H,5-6H2/q+1. The van der Waals surface area contributed by atoms with E-state index in [0.29, 0.717) is 0 Å². The summed E-state index contributed by atoms with van der Waals surface area (Å²) in [5.41, 5.74) is 2.97. The molecule has 1 atom stereocenters. The van der Waals surface area contributed by atoms with Crippen molar-refractivity contribution in [1.82, 2.24) is 0 Å². The second-order valence-corrected chi connectivity index (χ2v) is 7.35. The lowest BCUT2D eigenvalue weighted by molar-refractivity contribution is 0.712. The molecule has 0 nitrogen and oxygen atoms in total. The number of alkyl halides is 2. The molecule has 1 aromatic rings. The van der Waals surface area contributed by atoms with Crippen molar-refractivity contribution in [3.8, 4) is 0 Å². The Kier molecular flexibility index (Phi) is 1.64. The molecule has 0 spiro atoms. The van der Waals surface area contributed by atoms with Gasteiger partial charge in [0.05, 0.1) is 17.4 Å². The molecule has 0 amide bonds. The summed E-state index contributed by atoms with van der Waals surface area (Å²) in [6.45, 7) is 0. The van der Waals surface area contributed by atoms with Gasteiger partial charge in [-0.1, -0.05) is 31.9 Å². The van der Waals surface area contributed by atoms with E-state index in [1.807, 2.05) is 0 Å². The average Bonchev–Trinajstić information content (AvgIpc) is 2.70. The van der Waals surface area contributed by atoms with Crippen LogP contribution in [0.4, 0.5) is 0 Å². The highest BCUT2D eigenvalue weighted by atomic mass is 79.9. The van der Waals surface area contributed by atoms with Crippen LogP contribution in [0.3, 0.4) is 0 Å². The molecule has 0 bridgehead atoms. The van der Waals surface area contributed by atoms with E-state index in [4.69, 9.17) is 0 Å². The number of aryl methyl sites for hydroxylation is 1. The van der Waals surface area contributed by atoms with Crippen molar-refractivity contribution in [1.29, 1.82) is 0 Å². The highest BCUT2D eigenvalue weighted by molar-refractivity contribution is 9.25. The molecular weight excluding hydrogens is 292 g/mol. The summed E-state index contributed by atoms with van der Waals surface area (Å²) < 4.78 is 0.132. The van der Waals surface area contributed by atoms with Gasteiger partial charge in [0, 0.05) is 12.5 Å². The molecular formula is C11H9Br2+. The Bertz CT molecular complexity index is 357. The van der Waals surface area contributed by atoms with E-state index in [1.54, 1.807) is 5.92 Å². The zero-order valence-electron chi connectivity index (χ0n) is 7.06. The number of rotatable bonds is 0. The van der Waals surface area contributed by atoms with Gasteiger partial charge in [0.1, 0.15) is 5.56 Å². The molecule has 2 aliphatic rings. The van der Waals surface area contributed by atoms with Gasteiger partial charge in [-0.2, -0.15) is 0 Å². The molecule has 1 unspecified atom stereocenters. The van der Waals surface area contributed by atoms with Crippen molar-refractivity contribution in [2.24, 2.45) is 5.92 Å². The van der Waals surface area contributed by atoms with Crippen molar-refractivity contribution >= 4 is 31.9 Å². The molecule has 0 heterocycles. The first-order valence-corrected chi connectivity index (χ1v) is 6.13. The third-order valence-corrected chi connectivity index (χ3v) is 5.03. The minimum atomic E-state index is 0.132. The van der Waals surface area contributed by atoms with Gasteiger partial charge in [0.2, 0.25) is 0 Å². The van der Waals surface area contributed by atoms with Gasteiger partial charge in [0.25, 0.3) is 0 Å². The summed E-state index contributed by atoms with van der Waals surface area (Å²) in [5.74, 6) is 2.27. The van der Waals surface area contributed by atoms with Crippen molar-refractivity contribution in [3.63, 3.8) is 0 Å². The van der Waals surface area contributed by atoms with Crippen molar-refractivity contribution in [2.45, 2.75) is 16.1 Å². The molecule has 2 heteroatoms. The van der Waals surface area contributed by atoms with Gasteiger partial charge in [-0.25, -0.2) is 0 Å². The number of hydrogen-bond donors (Lipinski definition) is 0. The Labute approximate surface area is 95.0 Å². The normalized spacial score (nSPS) is 27.8. The zero-order chi connectivity index (χ0) is 9.05. The first-order chi connectivity index (χ1) is 6.21. The predicted molar refractivity (Wildman–Crippen MR) is 61.2 cm³/mol. The highest BCUT2D eigenvalue weighted by Gasteiger charge is 2.70. The summed E-state index contributed by atoms with van der Waals surface area (Å²) in [6, 6.07) is 8.74. The summed E-state index contributed by atoms with van der Waals surface area (Å²) in [6.07, 6.45) is 2.51. The number of fused-ring (bicyclic) bond motifs is 3. The zero-order valence-corrected chi connectivity index (χ0v) is 10.2. The van der Waals surface area contributed by atoms with Gasteiger partial charge in [-0.3, -0.25) is 0 Å². The predicted octanol–water partition coefficient (Wildman–Crippen LogP) is 3.67. The Morgan fingerprint density at radius 2 is 2.08 bits per heavy atom. The second kappa shape index (κ2) is 2.54. The molecule has 2 aliphatic carbocycles. The molecule has 0 aliphatic heterocycles. The molecule has 13 heavy (non-hydrogen) atoms. The molecule has 0 aromatic heterocycles. The SMILES string of the molecule is BrC1(Br)[C+]2c3ccccc3CCC21. The van der Waals surface area contributed by atoms with Crippen LogP contribution in [0.2, 0.25) is 0 Å². The molecule has 0 radical (unpaired) electrons. The largest absolute Gasteiger partial charge is 0.164 e. The van der Waals surface area contributed by atoms with Crippen LogP contribution in [0.15, 0.2) is 24.3 Å². The highest BCUT2D eigenvalue weighted by Crippen LogP contribution is 2.70. The maximum Gasteiger partial charge on any atom is 0.164 e. The maximum absolute atomic E-state index is 3.73. The molecule has 66 valence electrons. The smallest absolute Gasteiger partial charge is 0.0500 e. The fourth-order valence-corrected chi connectivity index (χ4v) is 3.99. The molecule has 1 saturated carbocycles. The van der Waals surface area contributed by atoms with Crippen LogP contribution < -0.4 is 0 Å². The van der Waals surface area contributed by atoms with Crippen LogP contribution in [0, 0.1) is 11.8 Å². The number of hydrogen-bond acceptors (Lipinski definition) is 0. The van der Waals surface area contributed by atoms with E-state index in [1.165, 1.54) is 24.0 Å². The van der Waals surface area contributed by atoms with Gasteiger partial charge in [-0.15, -0.1) is 0 Å². The van der Waals surface area contributed by atoms with E-state index < -0.39 is 0 Å². The van der Waals surface area contributed by atoms with Crippen LogP contribution >= 0.6 is 31.9 Å². The van der Waals surface area contributed by atoms with Crippen molar-refractivity contribution in [3.05, 3.63) is 41.3 Å². The fourth-order valence-electron chi connectivity index (χ4n) is 2.33. The number of halogens is 2. The van der Waals surface area contributed by atoms with Crippen molar-refractivity contribution < 1.29 is 0 Å². The van der Waals surface area contributed by atoms with E-state index in [-0.39, 0.29) is 3.23 Å². The van der Waals surface area contributed by atoms with Crippen LogP contribution in [0.5, 0.6) is 0 Å². The van der Waals surface area contributed by atoms with E-state index in [9.17, 15) is 0 Å². The Balaban J connectivity index is 2.10. The second-order valence-electron chi connectivity index (χ2n) is 3.79. The van der Waals surface area contributed by atoms with Gasteiger partial charge < -0.3 is 0 Å². The van der Waals surface area contributed by atoms with E-state index in [2.05, 4.69) is 56.1 Å². The fraction of sp³-hybridized carbons (Fsp3) is 0.364. The molecule has 3 rings (SSSR count). The van der Waals surface area contributed by atoms with Gasteiger partial charge in [0.15, 0.2) is 3.23 Å². The lowest BCUT2D eigenvalue weighted by Gasteiger charge is -2.04. The Hall–Kier alpha value is 0.0500. The topological polar surface area (TPSA) is 0 Å². The molecule has 1 aromatic carbocycles. The Morgan fingerprint density at radius 3 is 2.92 bits per heavy atom. The van der Waals surface area contributed by atoms with Crippen LogP contribution in [-0.2, 0) is 6.42 Å². The minimum Gasteiger partial charge on any atom is -0.0500 e. The summed E-state index contributed by atoms with van der Waals surface area (Å²) in [5, 5.41) is 0. The lowest BCUT2D eigenvalue weighted by atomic mass is 9.92. The molecule has 1 fully saturated rings. The summed E-state index contributed by atoms with van der Waals surface area (Å²) >= 11 is 7.46. The maximum atomic E-state index is 3.73. The van der Waals surface area contributed by atoms with E-state index >= 15 is 0 Å². The van der Waals surface area contributed by atoms with Crippen LogP contribution in [0.25, 0.3) is 0 Å². The minimum absolute atomic E-state index is 0.132. The number of benzene rings is 1.